The van der Waals surface area contributed by atoms with Gasteiger partial charge in [0, 0.05) is 13.1 Å². The van der Waals surface area contributed by atoms with Crippen molar-refractivity contribution in [1.82, 2.24) is 18.1 Å². The molecule has 1 aromatic carbocycles. The minimum Gasteiger partial charge on any atom is -0.276 e. The van der Waals surface area contributed by atoms with E-state index in [1.807, 2.05) is 20.8 Å². The van der Waals surface area contributed by atoms with Crippen LogP contribution in [0.1, 0.15) is 56.2 Å². The van der Waals surface area contributed by atoms with Gasteiger partial charge in [0.05, 0.1) is 4.90 Å². The zero-order valence-electron chi connectivity index (χ0n) is 18.8. The maximum atomic E-state index is 13.6. The van der Waals surface area contributed by atoms with Crippen molar-refractivity contribution < 1.29 is 8.42 Å². The van der Waals surface area contributed by atoms with E-state index in [4.69, 9.17) is 0 Å². The lowest BCUT2D eigenvalue weighted by Gasteiger charge is -2.15. The first kappa shape index (κ1) is 23.0. The third-order valence-electron chi connectivity index (χ3n) is 5.47. The number of imidazole rings is 1. The molecule has 0 bridgehead atoms. The summed E-state index contributed by atoms with van der Waals surface area (Å²) in [6.07, 6.45) is 4.16. The molecule has 3 rings (SSSR count). The number of hydrogen-bond donors (Lipinski definition) is 0. The molecule has 31 heavy (non-hydrogen) atoms. The molecule has 0 unspecified atom stereocenters. The molecule has 0 saturated carbocycles. The van der Waals surface area contributed by atoms with Crippen molar-refractivity contribution in [2.45, 2.75) is 78.3 Å². The SMILES string of the molecule is CCCCn1c(=O)c2c(ncn2S(=O)(=O)c2c(C)cc(C)cc2C)n(CCCC)c1=O. The van der Waals surface area contributed by atoms with Gasteiger partial charge in [0.1, 0.15) is 6.33 Å². The van der Waals surface area contributed by atoms with E-state index in [-0.39, 0.29) is 22.6 Å². The zero-order valence-corrected chi connectivity index (χ0v) is 19.6. The molecule has 0 fully saturated rings. The Morgan fingerprint density at radius 2 is 1.45 bits per heavy atom. The maximum Gasteiger partial charge on any atom is 0.332 e. The van der Waals surface area contributed by atoms with Crippen molar-refractivity contribution in [3.8, 4) is 0 Å². The molecule has 0 aliphatic heterocycles. The zero-order chi connectivity index (χ0) is 22.9. The highest BCUT2D eigenvalue weighted by Crippen LogP contribution is 2.25. The molecule has 0 radical (unpaired) electrons. The number of nitrogens with zero attached hydrogens (tertiary/aromatic N) is 4. The van der Waals surface area contributed by atoms with Crippen molar-refractivity contribution in [3.63, 3.8) is 0 Å². The monoisotopic (exact) mass is 446 g/mol. The van der Waals surface area contributed by atoms with Crippen LogP contribution >= 0.6 is 0 Å². The molecule has 0 amide bonds. The van der Waals surface area contributed by atoms with Crippen LogP contribution in [0.2, 0.25) is 0 Å². The van der Waals surface area contributed by atoms with Crippen LogP contribution in [-0.2, 0) is 23.1 Å². The van der Waals surface area contributed by atoms with Crippen molar-refractivity contribution >= 4 is 21.2 Å². The smallest absolute Gasteiger partial charge is 0.276 e. The van der Waals surface area contributed by atoms with Crippen molar-refractivity contribution in [2.75, 3.05) is 0 Å². The number of unbranched alkanes of at least 4 members (excludes halogenated alkanes) is 2. The summed E-state index contributed by atoms with van der Waals surface area (Å²) in [5.41, 5.74) is 1.14. The molecule has 2 aromatic heterocycles. The summed E-state index contributed by atoms with van der Waals surface area (Å²) in [6, 6.07) is 3.60. The number of aryl methyl sites for hydroxylation is 4. The average Bonchev–Trinajstić information content (AvgIpc) is 3.13. The predicted molar refractivity (Wildman–Crippen MR) is 121 cm³/mol. The summed E-state index contributed by atoms with van der Waals surface area (Å²) in [7, 11) is -4.08. The Morgan fingerprint density at radius 3 is 2.00 bits per heavy atom. The van der Waals surface area contributed by atoms with Gasteiger partial charge in [-0.05, 0) is 44.7 Å². The first-order valence-electron chi connectivity index (χ1n) is 10.7. The molecule has 168 valence electrons. The molecule has 2 heterocycles. The number of rotatable bonds is 8. The van der Waals surface area contributed by atoms with E-state index < -0.39 is 21.3 Å². The largest absolute Gasteiger partial charge is 0.332 e. The van der Waals surface area contributed by atoms with Crippen LogP contribution in [0.15, 0.2) is 32.9 Å². The topological polar surface area (TPSA) is 96.0 Å². The van der Waals surface area contributed by atoms with Crippen LogP contribution in [0, 0.1) is 20.8 Å². The van der Waals surface area contributed by atoms with E-state index in [1.165, 1.54) is 4.57 Å². The Hall–Kier alpha value is -2.68. The second-order valence-corrected chi connectivity index (χ2v) is 9.80. The quantitative estimate of drug-likeness (QED) is 0.530. The molecule has 3 aromatic rings. The molecule has 0 aliphatic rings. The predicted octanol–water partition coefficient (Wildman–Crippen LogP) is 3.12. The molecule has 0 N–H and O–H groups in total. The Bertz CT molecular complexity index is 1320. The Kier molecular flexibility index (Phi) is 6.54. The van der Waals surface area contributed by atoms with Gasteiger partial charge in [-0.15, -0.1) is 0 Å². The van der Waals surface area contributed by atoms with E-state index >= 15 is 0 Å². The van der Waals surface area contributed by atoms with Crippen molar-refractivity contribution in [1.29, 1.82) is 0 Å². The average molecular weight is 447 g/mol. The fraction of sp³-hybridized carbons (Fsp3) is 0.500. The van der Waals surface area contributed by atoms with Gasteiger partial charge in [-0.3, -0.25) is 13.9 Å². The van der Waals surface area contributed by atoms with Crippen LogP contribution in [0.3, 0.4) is 0 Å². The summed E-state index contributed by atoms with van der Waals surface area (Å²) >= 11 is 0. The molecule has 0 spiro atoms. The number of aromatic nitrogens is 4. The lowest BCUT2D eigenvalue weighted by atomic mass is 10.1. The van der Waals surface area contributed by atoms with Crippen LogP contribution in [-0.4, -0.2) is 26.5 Å². The summed E-state index contributed by atoms with van der Waals surface area (Å²) in [4.78, 5) is 30.7. The van der Waals surface area contributed by atoms with E-state index in [0.717, 1.165) is 39.7 Å². The first-order chi connectivity index (χ1) is 14.6. The van der Waals surface area contributed by atoms with Crippen LogP contribution < -0.4 is 11.2 Å². The lowest BCUT2D eigenvalue weighted by Crippen LogP contribution is -2.41. The lowest BCUT2D eigenvalue weighted by molar-refractivity contribution is 0.529. The Balaban J connectivity index is 2.38. The van der Waals surface area contributed by atoms with Crippen molar-refractivity contribution in [2.24, 2.45) is 0 Å². The highest BCUT2D eigenvalue weighted by molar-refractivity contribution is 7.90. The van der Waals surface area contributed by atoms with Gasteiger partial charge >= 0.3 is 5.69 Å². The minimum atomic E-state index is -4.08. The highest BCUT2D eigenvalue weighted by Gasteiger charge is 2.28. The first-order valence-corrected chi connectivity index (χ1v) is 12.1. The van der Waals surface area contributed by atoms with Gasteiger partial charge < -0.3 is 0 Å². The van der Waals surface area contributed by atoms with Gasteiger partial charge in [-0.25, -0.2) is 22.2 Å². The number of hydrogen-bond acceptors (Lipinski definition) is 5. The summed E-state index contributed by atoms with van der Waals surface area (Å²) < 4.78 is 30.8. The summed E-state index contributed by atoms with van der Waals surface area (Å²) in [5, 5.41) is 0. The van der Waals surface area contributed by atoms with Crippen LogP contribution in [0.25, 0.3) is 11.2 Å². The van der Waals surface area contributed by atoms with E-state index in [0.29, 0.717) is 24.1 Å². The Labute approximate surface area is 182 Å². The van der Waals surface area contributed by atoms with Gasteiger partial charge in [0.2, 0.25) is 0 Å². The van der Waals surface area contributed by atoms with Crippen LogP contribution in [0.5, 0.6) is 0 Å². The second-order valence-electron chi connectivity index (χ2n) is 8.04. The Morgan fingerprint density at radius 1 is 0.903 bits per heavy atom. The molecule has 0 atom stereocenters. The molecule has 0 aliphatic carbocycles. The fourth-order valence-corrected chi connectivity index (χ4v) is 5.75. The second kappa shape index (κ2) is 8.82. The minimum absolute atomic E-state index is 0.0776. The van der Waals surface area contributed by atoms with Gasteiger partial charge in [0.25, 0.3) is 15.6 Å². The fourth-order valence-electron chi connectivity index (χ4n) is 4.05. The molecule has 8 nitrogen and oxygen atoms in total. The summed E-state index contributed by atoms with van der Waals surface area (Å²) in [5.74, 6) is 0. The number of fused-ring (bicyclic) bond motifs is 1. The van der Waals surface area contributed by atoms with Crippen LogP contribution in [0.4, 0.5) is 0 Å². The van der Waals surface area contributed by atoms with Gasteiger partial charge in [-0.2, -0.15) is 0 Å². The van der Waals surface area contributed by atoms with E-state index in [1.54, 1.807) is 26.0 Å². The third kappa shape index (κ3) is 3.98. The number of benzene rings is 1. The highest BCUT2D eigenvalue weighted by atomic mass is 32.2. The van der Waals surface area contributed by atoms with Crippen molar-refractivity contribution in [3.05, 3.63) is 56.0 Å². The molecule has 0 saturated heterocycles. The standard InChI is InChI=1S/C22H30N4O4S/c1-6-8-10-24-20-18(21(27)25(22(24)28)11-9-7-2)26(14-23-20)31(29,30)19-16(4)12-15(3)13-17(19)5/h12-14H,6-11H2,1-5H3. The third-order valence-corrected chi connectivity index (χ3v) is 7.43. The van der Waals surface area contributed by atoms with E-state index in [2.05, 4.69) is 4.98 Å². The van der Waals surface area contributed by atoms with E-state index in [9.17, 15) is 18.0 Å². The maximum absolute atomic E-state index is 13.6. The normalized spacial score (nSPS) is 12.0. The molecule has 9 heteroatoms. The molecular formula is C22H30N4O4S. The van der Waals surface area contributed by atoms with Gasteiger partial charge in [0.15, 0.2) is 11.2 Å². The summed E-state index contributed by atoms with van der Waals surface area (Å²) in [6.45, 7) is 9.97. The van der Waals surface area contributed by atoms with Gasteiger partial charge in [-0.1, -0.05) is 44.4 Å². The molecular weight excluding hydrogens is 416 g/mol.